The van der Waals surface area contributed by atoms with Crippen LogP contribution in [0.2, 0.25) is 0 Å². The molecule has 12 aromatic carbocycles. The molecule has 5 aromatic heterocycles. The van der Waals surface area contributed by atoms with Crippen molar-refractivity contribution in [2.45, 2.75) is 0 Å². The van der Waals surface area contributed by atoms with Crippen LogP contribution in [0.1, 0.15) is 37.0 Å². The zero-order chi connectivity index (χ0) is 78.1. The third-order valence-electron chi connectivity index (χ3n) is 15.2. The Labute approximate surface area is 515 Å². The van der Waals surface area contributed by atoms with Crippen molar-refractivity contribution in [3.8, 4) is 40.1 Å². The average molecular weight is 1100 g/mol. The van der Waals surface area contributed by atoms with Crippen molar-refractivity contribution < 1.29 is 41.4 Å². The molecule has 0 bridgehead atoms. The molecule has 0 aliphatic carbocycles. The van der Waals surface area contributed by atoms with Gasteiger partial charge in [-0.3, -0.25) is 4.57 Å². The minimum Gasteiger partial charge on any atom is -0.456 e. The molecule has 0 unspecified atom stereocenters. The largest absolute Gasteiger partial charge is 0.456 e. The van der Waals surface area contributed by atoms with Gasteiger partial charge in [0.05, 0.1) is 75.8 Å². The van der Waals surface area contributed by atoms with Crippen molar-refractivity contribution in [3.63, 3.8) is 0 Å². The Hall–Kier alpha value is -10.9. The lowest BCUT2D eigenvalue weighted by molar-refractivity contribution is 0.669. The molecular weight excluding hydrogens is 1030 g/mol. The fourth-order valence-corrected chi connectivity index (χ4v) is 16.3. The molecule has 0 spiro atoms. The molecular formula is C75H48N6OSi. The summed E-state index contributed by atoms with van der Waals surface area (Å²) < 4.78 is 267. The van der Waals surface area contributed by atoms with E-state index in [1.165, 1.54) is 10.6 Å². The van der Waals surface area contributed by atoms with Gasteiger partial charge in [-0.05, 0) is 93.3 Å². The molecule has 0 saturated carbocycles. The molecule has 0 amide bonds. The summed E-state index contributed by atoms with van der Waals surface area (Å²) in [5.41, 5.74) is -4.30. The molecule has 0 fully saturated rings. The predicted molar refractivity (Wildman–Crippen MR) is 345 cm³/mol. The van der Waals surface area contributed by atoms with Gasteiger partial charge >= 0.3 is 0 Å². The summed E-state index contributed by atoms with van der Waals surface area (Å²) >= 11 is 0. The van der Waals surface area contributed by atoms with Crippen LogP contribution in [-0.2, 0) is 0 Å². The highest BCUT2D eigenvalue weighted by atomic mass is 28.3. The first-order valence-electron chi connectivity index (χ1n) is 39.5. The minimum absolute atomic E-state index is 0.0761. The van der Waals surface area contributed by atoms with E-state index in [0.29, 0.717) is 37.5 Å². The summed E-state index contributed by atoms with van der Waals surface area (Å²) in [6, 6.07) is 14.1. The topological polar surface area (TPSA) is 66.6 Å². The van der Waals surface area contributed by atoms with Crippen molar-refractivity contribution in [1.82, 2.24) is 28.7 Å². The second kappa shape index (κ2) is 18.6. The highest BCUT2D eigenvalue weighted by molar-refractivity contribution is 7.20. The van der Waals surface area contributed by atoms with E-state index >= 15 is 0 Å². The molecule has 83 heavy (non-hydrogen) atoms. The van der Waals surface area contributed by atoms with Gasteiger partial charge < -0.3 is 13.6 Å². The predicted octanol–water partition coefficient (Wildman–Crippen LogP) is 15.8. The maximum Gasteiger partial charge on any atom is 0.238 e. The van der Waals surface area contributed by atoms with E-state index in [2.05, 4.69) is 0 Å². The normalized spacial score (nSPS) is 16.7. The van der Waals surface area contributed by atoms with Crippen LogP contribution < -0.4 is 20.7 Å². The smallest absolute Gasteiger partial charge is 0.238 e. The number of fused-ring (bicyclic) bond motifs is 13. The summed E-state index contributed by atoms with van der Waals surface area (Å²) in [5, 5.41) is 1.26. The molecule has 17 rings (SSSR count). The van der Waals surface area contributed by atoms with Gasteiger partial charge in [0.25, 0.3) is 0 Å². The van der Waals surface area contributed by atoms with Crippen LogP contribution in [0.25, 0.3) is 127 Å². The standard InChI is InChI=1S/C75H48N6OSi/c1-4-24-50(25-5-1)79-64-39-18-12-34-58(64)71-67(79)44-45-68-72(71)59-35-13-19-40-65(59)81(68)75-77-73(76-74(78-75)60-36-14-20-41-66(60)80-62-37-16-10-31-55(62)56-32-11-17-38-63(56)80)49-23-22-30-53(47-49)83(51-26-6-2-7-27-51,52-28-8-3-9-29-52)54-43-46-70-61(48-54)57-33-15-21-42-69(57)82-70/h1-48H/i1D,4D,5D,10D,11D,13D,14D,16D,17D,19D,20D,22D,23D,24D,25D,30D,31D,32D,35D,36D,37D,38D,40D,41D,44D,45D,47D. The number of hydrogen-bond donors (Lipinski definition) is 0. The Balaban J connectivity index is 1.10. The van der Waals surface area contributed by atoms with E-state index in [1.54, 1.807) is 72.8 Å². The number of nitrogens with zero attached hydrogens (tertiary/aromatic N) is 6. The van der Waals surface area contributed by atoms with Crippen LogP contribution >= 0.6 is 0 Å². The Bertz CT molecular complexity index is 6940. The van der Waals surface area contributed by atoms with Gasteiger partial charge in [-0.2, -0.15) is 9.97 Å². The first-order chi connectivity index (χ1) is 52.4. The van der Waals surface area contributed by atoms with Crippen molar-refractivity contribution >= 4 is 116 Å². The molecule has 0 atom stereocenters. The number of furan rings is 1. The lowest BCUT2D eigenvalue weighted by Gasteiger charge is -2.34. The van der Waals surface area contributed by atoms with Crippen LogP contribution in [0.3, 0.4) is 0 Å². The molecule has 8 heteroatoms. The quantitative estimate of drug-likeness (QED) is 0.107. The number of hydrogen-bond acceptors (Lipinski definition) is 4. The Morgan fingerprint density at radius 3 is 1.67 bits per heavy atom. The van der Waals surface area contributed by atoms with E-state index in [-0.39, 0.29) is 32.4 Å². The van der Waals surface area contributed by atoms with E-state index in [1.807, 2.05) is 48.5 Å². The Morgan fingerprint density at radius 2 is 0.928 bits per heavy atom. The van der Waals surface area contributed by atoms with Crippen molar-refractivity contribution in [2.24, 2.45) is 0 Å². The van der Waals surface area contributed by atoms with Gasteiger partial charge in [0.15, 0.2) is 19.7 Å². The Kier molecular flexibility index (Phi) is 6.15. The summed E-state index contributed by atoms with van der Waals surface area (Å²) in [7, 11) is -4.40. The monoisotopic (exact) mass is 1100 g/mol. The van der Waals surface area contributed by atoms with Crippen molar-refractivity contribution in [2.75, 3.05) is 0 Å². The molecule has 7 nitrogen and oxygen atoms in total. The van der Waals surface area contributed by atoms with E-state index in [4.69, 9.17) is 29.0 Å². The van der Waals surface area contributed by atoms with Gasteiger partial charge in [-0.1, -0.05) is 218 Å². The maximum absolute atomic E-state index is 11.0. The lowest BCUT2D eigenvalue weighted by Crippen LogP contribution is -2.74. The Morgan fingerprint density at radius 1 is 0.349 bits per heavy atom. The van der Waals surface area contributed by atoms with Gasteiger partial charge in [0.1, 0.15) is 11.2 Å². The highest BCUT2D eigenvalue weighted by Gasteiger charge is 2.42. The molecule has 17 aromatic rings. The summed E-state index contributed by atoms with van der Waals surface area (Å²) in [6.45, 7) is 0. The summed E-state index contributed by atoms with van der Waals surface area (Å²) in [5.74, 6) is -2.62. The van der Waals surface area contributed by atoms with Crippen LogP contribution in [0.4, 0.5) is 0 Å². The summed E-state index contributed by atoms with van der Waals surface area (Å²) in [4.78, 5) is 15.0. The van der Waals surface area contributed by atoms with E-state index in [9.17, 15) is 27.4 Å². The number of benzene rings is 12. The van der Waals surface area contributed by atoms with Gasteiger partial charge in [-0.15, -0.1) is 0 Å². The number of aromatic nitrogens is 6. The molecule has 0 aliphatic rings. The zero-order valence-corrected chi connectivity index (χ0v) is 43.7. The number of rotatable bonds is 9. The first-order valence-corrected chi connectivity index (χ1v) is 28.0. The lowest BCUT2D eigenvalue weighted by atomic mass is 10.1. The van der Waals surface area contributed by atoms with E-state index in [0.717, 1.165) is 9.13 Å². The molecule has 0 aliphatic heterocycles. The van der Waals surface area contributed by atoms with Crippen LogP contribution in [0, 0.1) is 0 Å². The number of para-hydroxylation sites is 7. The van der Waals surface area contributed by atoms with Gasteiger partial charge in [0, 0.05) is 59.9 Å². The minimum atomic E-state index is -4.40. The fraction of sp³-hybridized carbons (Fsp3) is 0. The van der Waals surface area contributed by atoms with Crippen LogP contribution in [0.15, 0.2) is 295 Å². The average Bonchev–Trinajstić information content (AvgIpc) is 1.44. The molecule has 388 valence electrons. The van der Waals surface area contributed by atoms with Crippen LogP contribution in [0.5, 0.6) is 0 Å². The van der Waals surface area contributed by atoms with E-state index < -0.39 is 250 Å². The van der Waals surface area contributed by atoms with Gasteiger partial charge in [-0.25, -0.2) is 4.98 Å². The third kappa shape index (κ3) is 7.06. The highest BCUT2D eigenvalue weighted by Crippen LogP contribution is 2.43. The van der Waals surface area contributed by atoms with Crippen molar-refractivity contribution in [1.29, 1.82) is 0 Å². The second-order valence-electron chi connectivity index (χ2n) is 19.4. The molecule has 5 heterocycles. The third-order valence-corrected chi connectivity index (χ3v) is 19.7. The van der Waals surface area contributed by atoms with Crippen molar-refractivity contribution in [3.05, 3.63) is 291 Å². The fourth-order valence-electron chi connectivity index (χ4n) is 11.8. The van der Waals surface area contributed by atoms with Crippen LogP contribution in [-0.4, -0.2) is 36.7 Å². The molecule has 0 N–H and O–H groups in total. The zero-order valence-electron chi connectivity index (χ0n) is 69.7. The first kappa shape index (κ1) is 27.5. The molecule has 0 radical (unpaired) electrons. The second-order valence-corrected chi connectivity index (χ2v) is 23.1. The van der Waals surface area contributed by atoms with Gasteiger partial charge in [0.2, 0.25) is 5.95 Å². The maximum atomic E-state index is 11.0. The molecule has 0 saturated heterocycles. The summed E-state index contributed by atoms with van der Waals surface area (Å²) in [6.07, 6.45) is 0. The SMILES string of the molecule is [2H]c1c([2H])c([2H])c(-n2c3ccccc3c3c4c5c([2H])c([2H])c([2H])c([2H])c5n(-c5nc(-c6c([2H])c([2H])c([2H])c([Si](c7ccccc7)(c7ccccc7)c7ccc8oc9ccccc9c8c7)c6[2H])nc(-c6c([2H])c([2H])c([2H])c([2H])c6-n6c7c([2H])c([2H])c([2H])c([2H])c7c7c([2H])c([2H])c([2H])c([2H])c76)n5)c4c([2H])c([2H])c32)c([2H])c1[2H].